The summed E-state index contributed by atoms with van der Waals surface area (Å²) in [5.74, 6) is -1.11. The second-order valence-electron chi connectivity index (χ2n) is 6.11. The largest absolute Gasteiger partial charge is 0.456 e. The van der Waals surface area contributed by atoms with Crippen molar-refractivity contribution < 1.29 is 27.5 Å². The molecule has 0 radical (unpaired) electrons. The Morgan fingerprint density at radius 2 is 1.90 bits per heavy atom. The van der Waals surface area contributed by atoms with Crippen LogP contribution in [0.4, 0.5) is 24.0 Å². The average molecular weight is 455 g/mol. The SMILES string of the molecule is CC(=O)N(c1cccc(C(F)(F)F)c1)c1nc(COC(=O)c2cccc(Cl)c2)cs1. The van der Waals surface area contributed by atoms with E-state index in [1.54, 1.807) is 23.6 Å². The molecule has 0 spiro atoms. The third-order valence-electron chi connectivity index (χ3n) is 3.89. The summed E-state index contributed by atoms with van der Waals surface area (Å²) in [6, 6.07) is 10.6. The van der Waals surface area contributed by atoms with Gasteiger partial charge in [0.25, 0.3) is 0 Å². The number of nitrogens with zero attached hydrogens (tertiary/aromatic N) is 2. The van der Waals surface area contributed by atoms with E-state index in [1.165, 1.54) is 25.1 Å². The molecule has 5 nitrogen and oxygen atoms in total. The smallest absolute Gasteiger partial charge is 0.416 e. The van der Waals surface area contributed by atoms with Crippen molar-refractivity contribution in [1.29, 1.82) is 0 Å². The van der Waals surface area contributed by atoms with Gasteiger partial charge in [-0.25, -0.2) is 9.78 Å². The van der Waals surface area contributed by atoms with Crippen LogP contribution in [0.2, 0.25) is 5.02 Å². The zero-order chi connectivity index (χ0) is 21.9. The van der Waals surface area contributed by atoms with Crippen molar-refractivity contribution in [3.05, 3.63) is 75.8 Å². The Hall–Kier alpha value is -2.91. The van der Waals surface area contributed by atoms with Crippen LogP contribution in [-0.2, 0) is 22.3 Å². The number of hydrogen-bond acceptors (Lipinski definition) is 5. The highest BCUT2D eigenvalue weighted by molar-refractivity contribution is 7.14. The fraction of sp³-hybridized carbons (Fsp3) is 0.150. The lowest BCUT2D eigenvalue weighted by atomic mass is 10.2. The first-order chi connectivity index (χ1) is 14.1. The molecule has 1 heterocycles. The first-order valence-corrected chi connectivity index (χ1v) is 9.76. The van der Waals surface area contributed by atoms with Crippen molar-refractivity contribution in [2.75, 3.05) is 4.90 Å². The van der Waals surface area contributed by atoms with E-state index in [0.29, 0.717) is 10.7 Å². The van der Waals surface area contributed by atoms with E-state index in [2.05, 4.69) is 4.98 Å². The van der Waals surface area contributed by atoms with Crippen LogP contribution in [0, 0.1) is 0 Å². The van der Waals surface area contributed by atoms with Gasteiger partial charge >= 0.3 is 12.1 Å². The lowest BCUT2D eigenvalue weighted by Gasteiger charge is -2.19. The van der Waals surface area contributed by atoms with Gasteiger partial charge in [-0.3, -0.25) is 9.69 Å². The maximum absolute atomic E-state index is 13.0. The van der Waals surface area contributed by atoms with Crippen LogP contribution in [0.5, 0.6) is 0 Å². The van der Waals surface area contributed by atoms with Crippen molar-refractivity contribution >= 4 is 45.6 Å². The minimum Gasteiger partial charge on any atom is -0.456 e. The summed E-state index contributed by atoms with van der Waals surface area (Å²) in [5, 5.41) is 2.11. The number of halogens is 4. The van der Waals surface area contributed by atoms with E-state index in [4.69, 9.17) is 16.3 Å². The predicted molar refractivity (Wildman–Crippen MR) is 107 cm³/mol. The summed E-state index contributed by atoms with van der Waals surface area (Å²) >= 11 is 6.89. The van der Waals surface area contributed by atoms with Crippen LogP contribution >= 0.6 is 22.9 Å². The number of carbonyl (C=O) groups excluding carboxylic acids is 2. The topological polar surface area (TPSA) is 59.5 Å². The number of esters is 1. The molecule has 0 fully saturated rings. The first kappa shape index (κ1) is 21.8. The van der Waals surface area contributed by atoms with Crippen molar-refractivity contribution in [2.24, 2.45) is 0 Å². The van der Waals surface area contributed by atoms with Crippen molar-refractivity contribution in [3.8, 4) is 0 Å². The van der Waals surface area contributed by atoms with Crippen LogP contribution in [0.25, 0.3) is 0 Å². The number of anilines is 2. The molecule has 0 saturated heterocycles. The van der Waals surface area contributed by atoms with Gasteiger partial charge in [-0.05, 0) is 36.4 Å². The fourth-order valence-corrected chi connectivity index (χ4v) is 3.61. The number of carbonyl (C=O) groups is 2. The summed E-state index contributed by atoms with van der Waals surface area (Å²) in [4.78, 5) is 29.5. The molecule has 0 atom stereocenters. The Morgan fingerprint density at radius 1 is 1.17 bits per heavy atom. The monoisotopic (exact) mass is 454 g/mol. The van der Waals surface area contributed by atoms with Crippen LogP contribution in [0.3, 0.4) is 0 Å². The Morgan fingerprint density at radius 3 is 2.57 bits per heavy atom. The van der Waals surface area contributed by atoms with E-state index in [-0.39, 0.29) is 23.0 Å². The highest BCUT2D eigenvalue weighted by Gasteiger charge is 2.31. The number of benzene rings is 2. The number of amides is 1. The molecule has 1 amide bonds. The molecule has 3 aromatic rings. The van der Waals surface area contributed by atoms with Gasteiger partial charge in [0.2, 0.25) is 5.91 Å². The van der Waals surface area contributed by atoms with Gasteiger partial charge in [0.1, 0.15) is 6.61 Å². The molecule has 0 bridgehead atoms. The van der Waals surface area contributed by atoms with Crippen LogP contribution < -0.4 is 4.90 Å². The molecule has 3 rings (SSSR count). The number of thiazole rings is 1. The molecule has 0 saturated carbocycles. The number of aromatic nitrogens is 1. The minimum absolute atomic E-state index is 0.0362. The van der Waals surface area contributed by atoms with Crippen LogP contribution in [-0.4, -0.2) is 16.9 Å². The second-order valence-corrected chi connectivity index (χ2v) is 7.38. The molecule has 0 unspecified atom stereocenters. The lowest BCUT2D eigenvalue weighted by molar-refractivity contribution is -0.137. The maximum Gasteiger partial charge on any atom is 0.416 e. The van der Waals surface area contributed by atoms with Gasteiger partial charge in [-0.1, -0.05) is 23.7 Å². The van der Waals surface area contributed by atoms with Crippen LogP contribution in [0.1, 0.15) is 28.5 Å². The molecule has 10 heteroatoms. The average Bonchev–Trinajstić information content (AvgIpc) is 3.14. The minimum atomic E-state index is -4.54. The predicted octanol–water partition coefficient (Wildman–Crippen LogP) is 5.86. The molecule has 156 valence electrons. The molecule has 30 heavy (non-hydrogen) atoms. The van der Waals surface area contributed by atoms with Gasteiger partial charge < -0.3 is 4.74 Å². The molecule has 0 aliphatic rings. The van der Waals surface area contributed by atoms with Crippen molar-refractivity contribution in [2.45, 2.75) is 19.7 Å². The third-order valence-corrected chi connectivity index (χ3v) is 5.00. The van der Waals surface area contributed by atoms with Gasteiger partial charge in [0.05, 0.1) is 22.5 Å². The molecular weight excluding hydrogens is 441 g/mol. The number of ether oxygens (including phenoxy) is 1. The Labute approximate surface area is 178 Å². The molecule has 0 aliphatic heterocycles. The summed E-state index contributed by atoms with van der Waals surface area (Å²) in [5.41, 5.74) is -0.219. The van der Waals surface area contributed by atoms with E-state index in [0.717, 1.165) is 28.4 Å². The maximum atomic E-state index is 13.0. The molecular formula is C20H14ClF3N2O3S. The standard InChI is InChI=1S/C20H14ClF3N2O3S/c1-12(27)26(17-7-3-5-14(9-17)20(22,23)24)19-25-16(11-30-19)10-29-18(28)13-4-2-6-15(21)8-13/h2-9,11H,10H2,1H3. The number of alkyl halides is 3. The van der Waals surface area contributed by atoms with Gasteiger partial charge in [-0.2, -0.15) is 13.2 Å². The fourth-order valence-electron chi connectivity index (χ4n) is 2.55. The molecule has 0 N–H and O–H groups in total. The summed E-state index contributed by atoms with van der Waals surface area (Å²) in [7, 11) is 0. The summed E-state index contributed by atoms with van der Waals surface area (Å²) < 4.78 is 44.2. The lowest BCUT2D eigenvalue weighted by Crippen LogP contribution is -2.23. The second kappa shape index (κ2) is 8.85. The molecule has 0 aliphatic carbocycles. The van der Waals surface area contributed by atoms with Gasteiger partial charge in [-0.15, -0.1) is 11.3 Å². The van der Waals surface area contributed by atoms with E-state index < -0.39 is 23.6 Å². The Balaban J connectivity index is 1.77. The zero-order valence-corrected chi connectivity index (χ0v) is 17.0. The Kier molecular flexibility index (Phi) is 6.42. The van der Waals surface area contributed by atoms with E-state index >= 15 is 0 Å². The van der Waals surface area contributed by atoms with Crippen molar-refractivity contribution in [3.63, 3.8) is 0 Å². The summed E-state index contributed by atoms with van der Waals surface area (Å²) in [6.45, 7) is 1.05. The number of rotatable bonds is 5. The quantitative estimate of drug-likeness (QED) is 0.453. The number of hydrogen-bond donors (Lipinski definition) is 0. The van der Waals surface area contributed by atoms with Crippen molar-refractivity contribution in [1.82, 2.24) is 4.98 Å². The third kappa shape index (κ3) is 5.17. The Bertz CT molecular complexity index is 1080. The molecule has 1 aromatic heterocycles. The van der Waals surface area contributed by atoms with Gasteiger partial charge in [0, 0.05) is 17.3 Å². The molecule has 2 aromatic carbocycles. The van der Waals surface area contributed by atoms with E-state index in [9.17, 15) is 22.8 Å². The first-order valence-electron chi connectivity index (χ1n) is 8.50. The highest BCUT2D eigenvalue weighted by Crippen LogP contribution is 2.35. The normalized spacial score (nSPS) is 11.2. The summed E-state index contributed by atoms with van der Waals surface area (Å²) in [6.07, 6.45) is -4.54. The highest BCUT2D eigenvalue weighted by atomic mass is 35.5. The van der Waals surface area contributed by atoms with E-state index in [1.807, 2.05) is 0 Å². The van der Waals surface area contributed by atoms with Crippen LogP contribution in [0.15, 0.2) is 53.9 Å². The zero-order valence-electron chi connectivity index (χ0n) is 15.4. The van der Waals surface area contributed by atoms with Gasteiger partial charge in [0.15, 0.2) is 5.13 Å².